The fraction of sp³-hybridized carbons (Fsp3) is 0.714. The van der Waals surface area contributed by atoms with Crippen LogP contribution in [0.2, 0.25) is 0 Å². The molecule has 134 valence electrons. The number of aliphatic hydroxyl groups is 1. The van der Waals surface area contributed by atoms with Crippen molar-refractivity contribution in [2.75, 3.05) is 6.61 Å². The summed E-state index contributed by atoms with van der Waals surface area (Å²) in [5.74, 6) is 7.63. The molecule has 0 aliphatic heterocycles. The third kappa shape index (κ3) is 7.38. The lowest BCUT2D eigenvalue weighted by Gasteiger charge is -2.20. The van der Waals surface area contributed by atoms with Crippen molar-refractivity contribution in [3.05, 3.63) is 21.9 Å². The first-order valence-corrected chi connectivity index (χ1v) is 10.4. The van der Waals surface area contributed by atoms with Crippen LogP contribution in [0.25, 0.3) is 0 Å². The van der Waals surface area contributed by atoms with Crippen molar-refractivity contribution < 1.29 is 5.11 Å². The molecule has 1 aromatic heterocycles. The van der Waals surface area contributed by atoms with Crippen LogP contribution in [-0.2, 0) is 6.42 Å². The maximum Gasteiger partial charge on any atom is 0.0771 e. The van der Waals surface area contributed by atoms with E-state index in [0.717, 1.165) is 30.1 Å². The molecule has 1 unspecified atom stereocenters. The van der Waals surface area contributed by atoms with E-state index in [1.807, 2.05) is 6.92 Å². The Labute approximate surface area is 151 Å². The maximum atomic E-state index is 9.20. The van der Waals surface area contributed by atoms with E-state index >= 15 is 0 Å². The van der Waals surface area contributed by atoms with Gasteiger partial charge in [-0.3, -0.25) is 0 Å². The molecule has 0 bridgehead atoms. The van der Waals surface area contributed by atoms with Crippen LogP contribution in [0.1, 0.15) is 80.9 Å². The number of rotatable bonds is 8. The van der Waals surface area contributed by atoms with Crippen molar-refractivity contribution in [3.8, 4) is 11.8 Å². The summed E-state index contributed by atoms with van der Waals surface area (Å²) in [5, 5.41) is 9.20. The van der Waals surface area contributed by atoms with E-state index in [9.17, 15) is 5.11 Å². The van der Waals surface area contributed by atoms with Crippen molar-refractivity contribution in [2.45, 2.75) is 83.1 Å². The van der Waals surface area contributed by atoms with Gasteiger partial charge in [0.15, 0.2) is 0 Å². The quantitative estimate of drug-likeness (QED) is 0.520. The Bertz CT molecular complexity index is 532. The van der Waals surface area contributed by atoms with Gasteiger partial charge in [0.1, 0.15) is 0 Å². The van der Waals surface area contributed by atoms with Crippen molar-refractivity contribution in [1.82, 2.24) is 0 Å². The largest absolute Gasteiger partial charge is 0.394 e. The van der Waals surface area contributed by atoms with Gasteiger partial charge in [-0.25, -0.2) is 0 Å². The van der Waals surface area contributed by atoms with E-state index < -0.39 is 5.54 Å². The summed E-state index contributed by atoms with van der Waals surface area (Å²) in [5.41, 5.74) is 5.50. The first-order chi connectivity index (χ1) is 11.6. The van der Waals surface area contributed by atoms with Gasteiger partial charge in [0.25, 0.3) is 0 Å². The summed E-state index contributed by atoms with van der Waals surface area (Å²) in [7, 11) is 0. The smallest absolute Gasteiger partial charge is 0.0771 e. The molecule has 24 heavy (non-hydrogen) atoms. The lowest BCUT2D eigenvalue weighted by molar-refractivity contribution is 0.201. The number of hydrogen-bond donors (Lipinski definition) is 2. The Morgan fingerprint density at radius 2 is 2.04 bits per heavy atom. The molecule has 1 aromatic rings. The Kier molecular flexibility index (Phi) is 8.32. The molecule has 0 spiro atoms. The second-order valence-corrected chi connectivity index (χ2v) is 8.80. The number of aliphatic hydroxyl groups excluding tert-OH is 1. The molecule has 2 nitrogen and oxygen atoms in total. The topological polar surface area (TPSA) is 46.2 Å². The first kappa shape index (κ1) is 19.5. The first-order valence-electron chi connectivity index (χ1n) is 9.56. The van der Waals surface area contributed by atoms with Crippen molar-refractivity contribution in [2.24, 2.45) is 11.7 Å². The molecule has 0 radical (unpaired) electrons. The van der Waals surface area contributed by atoms with E-state index in [2.05, 4.69) is 24.0 Å². The normalized spacial score (nSPS) is 18.0. The third-order valence-corrected chi connectivity index (χ3v) is 6.13. The molecule has 1 fully saturated rings. The van der Waals surface area contributed by atoms with Crippen LogP contribution >= 0.6 is 11.3 Å². The van der Waals surface area contributed by atoms with Gasteiger partial charge in [-0.1, -0.05) is 56.8 Å². The SMILES string of the molecule is CC(N)(CO)CCc1ccc(C#CCCCCC2CCCCC2)s1. The molecule has 2 rings (SSSR count). The molecule has 0 amide bonds. The molecule has 3 N–H and O–H groups in total. The maximum absolute atomic E-state index is 9.20. The second kappa shape index (κ2) is 10.2. The number of hydrogen-bond acceptors (Lipinski definition) is 3. The molecule has 1 atom stereocenters. The molecule has 1 saturated carbocycles. The van der Waals surface area contributed by atoms with Gasteiger partial charge in [0.2, 0.25) is 0 Å². The molecule has 0 saturated heterocycles. The monoisotopic (exact) mass is 347 g/mol. The number of unbranched alkanes of at least 4 members (excludes halogenated alkanes) is 2. The Hall–Kier alpha value is -0.820. The van der Waals surface area contributed by atoms with Crippen molar-refractivity contribution in [1.29, 1.82) is 0 Å². The highest BCUT2D eigenvalue weighted by Gasteiger charge is 2.17. The fourth-order valence-electron chi connectivity index (χ4n) is 3.34. The van der Waals surface area contributed by atoms with Crippen molar-refractivity contribution in [3.63, 3.8) is 0 Å². The van der Waals surface area contributed by atoms with Crippen LogP contribution < -0.4 is 5.73 Å². The lowest BCUT2D eigenvalue weighted by Crippen LogP contribution is -2.40. The average molecular weight is 348 g/mol. The van der Waals surface area contributed by atoms with Crippen molar-refractivity contribution >= 4 is 11.3 Å². The lowest BCUT2D eigenvalue weighted by atomic mass is 9.86. The molecule has 1 heterocycles. The van der Waals surface area contributed by atoms with Gasteiger partial charge in [0.05, 0.1) is 11.5 Å². The summed E-state index contributed by atoms with van der Waals surface area (Å²) in [6.45, 7) is 1.93. The van der Waals surface area contributed by atoms with E-state index in [1.54, 1.807) is 11.3 Å². The van der Waals surface area contributed by atoms with E-state index in [4.69, 9.17) is 5.73 Å². The predicted octanol–water partition coefficient (Wildman–Crippen LogP) is 4.88. The molecule has 1 aliphatic rings. The zero-order valence-electron chi connectivity index (χ0n) is 15.2. The minimum absolute atomic E-state index is 0.0336. The fourth-order valence-corrected chi connectivity index (χ4v) is 4.22. The van der Waals surface area contributed by atoms with E-state index in [1.165, 1.54) is 56.2 Å². The standard InChI is InChI=1S/C21H33NOS/c1-21(22,17-23)16-15-20-14-13-19(24-20)12-8-3-2-5-9-18-10-6-4-7-11-18/h13-14,18,23H,2-7,9-11,15-17,22H2,1H3. The molecular weight excluding hydrogens is 314 g/mol. The minimum Gasteiger partial charge on any atom is -0.394 e. The van der Waals surface area contributed by atoms with E-state index in [0.29, 0.717) is 0 Å². The van der Waals surface area contributed by atoms with Gasteiger partial charge in [-0.05, 0) is 44.2 Å². The third-order valence-electron chi connectivity index (χ3n) is 5.07. The highest BCUT2D eigenvalue weighted by molar-refractivity contribution is 7.12. The van der Waals surface area contributed by atoms with Crippen LogP contribution in [0.4, 0.5) is 0 Å². The average Bonchev–Trinajstić information content (AvgIpc) is 3.05. The summed E-state index contributed by atoms with van der Waals surface area (Å²) in [4.78, 5) is 2.46. The highest BCUT2D eigenvalue weighted by Crippen LogP contribution is 2.27. The predicted molar refractivity (Wildman–Crippen MR) is 104 cm³/mol. The van der Waals surface area contributed by atoms with Gasteiger partial charge < -0.3 is 10.8 Å². The zero-order valence-corrected chi connectivity index (χ0v) is 16.0. The summed E-state index contributed by atoms with van der Waals surface area (Å²) < 4.78 is 0. The Balaban J connectivity index is 1.62. The zero-order chi connectivity index (χ0) is 17.3. The Morgan fingerprint density at radius 1 is 1.25 bits per heavy atom. The highest BCUT2D eigenvalue weighted by atomic mass is 32.1. The minimum atomic E-state index is -0.478. The summed E-state index contributed by atoms with van der Waals surface area (Å²) in [6, 6.07) is 4.26. The van der Waals surface area contributed by atoms with Gasteiger partial charge in [-0.15, -0.1) is 11.3 Å². The van der Waals surface area contributed by atoms with Gasteiger partial charge in [0, 0.05) is 16.8 Å². The number of aryl methyl sites for hydroxylation is 1. The van der Waals surface area contributed by atoms with Crippen LogP contribution in [0.5, 0.6) is 0 Å². The van der Waals surface area contributed by atoms with Gasteiger partial charge in [-0.2, -0.15) is 0 Å². The van der Waals surface area contributed by atoms with E-state index in [-0.39, 0.29) is 6.61 Å². The molecular formula is C21H33NOS. The molecule has 0 aromatic carbocycles. The van der Waals surface area contributed by atoms with Crippen LogP contribution in [0.3, 0.4) is 0 Å². The summed E-state index contributed by atoms with van der Waals surface area (Å²) in [6.07, 6.45) is 14.0. The second-order valence-electron chi connectivity index (χ2n) is 7.63. The van der Waals surface area contributed by atoms with Gasteiger partial charge >= 0.3 is 0 Å². The number of nitrogens with two attached hydrogens (primary N) is 1. The Morgan fingerprint density at radius 3 is 2.79 bits per heavy atom. The molecule has 3 heteroatoms. The number of thiophene rings is 1. The van der Waals surface area contributed by atoms with Crippen LogP contribution in [-0.4, -0.2) is 17.3 Å². The molecule has 1 aliphatic carbocycles. The summed E-state index contributed by atoms with van der Waals surface area (Å²) >= 11 is 1.76. The van der Waals surface area contributed by atoms with Crippen LogP contribution in [0.15, 0.2) is 12.1 Å². The van der Waals surface area contributed by atoms with Crippen LogP contribution in [0, 0.1) is 17.8 Å².